The molecule has 0 aliphatic carbocycles. The van der Waals surface area contributed by atoms with Gasteiger partial charge in [-0.25, -0.2) is 13.4 Å². The molecule has 6 bridgehead atoms. The van der Waals surface area contributed by atoms with Gasteiger partial charge in [0.05, 0.1) is 28.7 Å². The van der Waals surface area contributed by atoms with E-state index in [4.69, 9.17) is 4.74 Å². The van der Waals surface area contributed by atoms with Crippen LogP contribution in [0, 0.1) is 17.2 Å². The maximum Gasteiger partial charge on any atom is 0.243 e. The first-order valence-corrected chi connectivity index (χ1v) is 13.8. The molecule has 1 fully saturated rings. The second kappa shape index (κ2) is 9.65. The number of carbonyl (C=O) groups is 1. The molecule has 2 aliphatic rings. The Morgan fingerprint density at radius 3 is 2.81 bits per heavy atom. The second-order valence-electron chi connectivity index (χ2n) is 9.87. The van der Waals surface area contributed by atoms with Gasteiger partial charge in [0.25, 0.3) is 0 Å². The molecule has 2 aliphatic heterocycles. The van der Waals surface area contributed by atoms with Crippen LogP contribution >= 0.6 is 0 Å². The molecule has 9 nitrogen and oxygen atoms in total. The van der Waals surface area contributed by atoms with Gasteiger partial charge in [-0.2, -0.15) is 9.57 Å². The molecule has 2 unspecified atom stereocenters. The van der Waals surface area contributed by atoms with Crippen molar-refractivity contribution in [3.63, 3.8) is 0 Å². The summed E-state index contributed by atoms with van der Waals surface area (Å²) < 4.78 is 36.3. The number of benzene rings is 2. The highest BCUT2D eigenvalue weighted by Crippen LogP contribution is 2.36. The van der Waals surface area contributed by atoms with E-state index in [9.17, 15) is 18.5 Å². The zero-order valence-corrected chi connectivity index (χ0v) is 21.7. The van der Waals surface area contributed by atoms with Crippen LogP contribution in [0.4, 0.5) is 0 Å². The Morgan fingerprint density at radius 1 is 1.22 bits per heavy atom. The van der Waals surface area contributed by atoms with E-state index in [-0.39, 0.29) is 34.5 Å². The van der Waals surface area contributed by atoms with E-state index in [0.717, 1.165) is 18.5 Å². The minimum Gasteiger partial charge on any atom is -0.456 e. The highest BCUT2D eigenvalue weighted by molar-refractivity contribution is 7.89. The van der Waals surface area contributed by atoms with Gasteiger partial charge in [0.1, 0.15) is 23.1 Å². The van der Waals surface area contributed by atoms with Crippen LogP contribution in [0.3, 0.4) is 0 Å². The van der Waals surface area contributed by atoms with Crippen molar-refractivity contribution >= 4 is 15.9 Å². The molecule has 2 aromatic carbocycles. The van der Waals surface area contributed by atoms with E-state index in [1.807, 2.05) is 18.5 Å². The third kappa shape index (κ3) is 4.72. The number of ether oxygens (including phenoxy) is 1. The van der Waals surface area contributed by atoms with Gasteiger partial charge in [0.15, 0.2) is 0 Å². The van der Waals surface area contributed by atoms with E-state index in [2.05, 4.69) is 16.4 Å². The number of aryl methyl sites for hydroxylation is 1. The molecule has 1 aromatic heterocycles. The van der Waals surface area contributed by atoms with Gasteiger partial charge in [-0.05, 0) is 61.9 Å². The number of imidazole rings is 1. The number of fused-ring (bicyclic) bond motifs is 6. The molecular weight excluding hydrogens is 490 g/mol. The molecule has 5 rings (SSSR count). The predicted octanol–water partition coefficient (Wildman–Crippen LogP) is 3.66. The Bertz CT molecular complexity index is 1490. The summed E-state index contributed by atoms with van der Waals surface area (Å²) in [6.45, 7) is 2.72. The second-order valence-corrected chi connectivity index (χ2v) is 11.8. The first-order chi connectivity index (χ1) is 17.7. The average molecular weight is 520 g/mol. The molecule has 10 heteroatoms. The van der Waals surface area contributed by atoms with Crippen LogP contribution in [0.1, 0.15) is 49.4 Å². The SMILES string of the molecule is Cn1cncc1C1(C)NC(=O)CC[C@H]2CCCN(C2)S(=O)(=O)c2cccc(c2)Oc2cc1ccc2C#N. The highest BCUT2D eigenvalue weighted by Gasteiger charge is 2.35. The lowest BCUT2D eigenvalue weighted by molar-refractivity contribution is -0.123. The molecular formula is C27H29N5O4S. The normalized spacial score (nSPS) is 25.4. The lowest BCUT2D eigenvalue weighted by Gasteiger charge is -2.34. The van der Waals surface area contributed by atoms with Crippen LogP contribution < -0.4 is 10.1 Å². The molecule has 3 aromatic rings. The smallest absolute Gasteiger partial charge is 0.243 e. The van der Waals surface area contributed by atoms with Gasteiger partial charge in [-0.3, -0.25) is 4.79 Å². The minimum absolute atomic E-state index is 0.0890. The van der Waals surface area contributed by atoms with Gasteiger partial charge in [0, 0.05) is 32.6 Å². The maximum atomic E-state index is 13.4. The van der Waals surface area contributed by atoms with Crippen LogP contribution in [0.15, 0.2) is 59.9 Å². The lowest BCUT2D eigenvalue weighted by Crippen LogP contribution is -2.46. The van der Waals surface area contributed by atoms with Crippen LogP contribution in [0.2, 0.25) is 0 Å². The van der Waals surface area contributed by atoms with E-state index in [0.29, 0.717) is 30.8 Å². The number of hydrogen-bond acceptors (Lipinski definition) is 6. The summed E-state index contributed by atoms with van der Waals surface area (Å²) in [5.74, 6) is 0.517. The summed E-state index contributed by atoms with van der Waals surface area (Å²) in [5, 5.41) is 12.9. The highest BCUT2D eigenvalue weighted by atomic mass is 32.2. The summed E-state index contributed by atoms with van der Waals surface area (Å²) in [7, 11) is -1.87. The van der Waals surface area contributed by atoms with Crippen LogP contribution in [-0.4, -0.2) is 41.3 Å². The Labute approximate surface area is 216 Å². The number of sulfonamides is 1. The third-order valence-electron chi connectivity index (χ3n) is 7.33. The van der Waals surface area contributed by atoms with Crippen molar-refractivity contribution in [3.8, 4) is 17.6 Å². The van der Waals surface area contributed by atoms with Gasteiger partial charge in [-0.15, -0.1) is 0 Å². The van der Waals surface area contributed by atoms with E-state index < -0.39 is 15.6 Å². The fraction of sp³-hybridized carbons (Fsp3) is 0.370. The number of carbonyl (C=O) groups excluding carboxylic acids is 1. The number of aromatic nitrogens is 2. The van der Waals surface area contributed by atoms with E-state index in [1.165, 1.54) is 10.4 Å². The van der Waals surface area contributed by atoms with Gasteiger partial charge < -0.3 is 14.6 Å². The standard InChI is InChI=1S/C27H29N5O4S/c1-27(25-16-29-18-31(25)2)21-10-9-20(15-28)24(13-21)36-22-6-3-7-23(14-22)37(34,35)32-12-4-5-19(17-32)8-11-26(33)30-27/h3,6-7,9-10,13-14,16,18-19H,4-5,8,11-12,17H2,1-2H3,(H,30,33)/t19-,27?/m1/s1. The number of rotatable bonds is 1. The molecule has 0 radical (unpaired) electrons. The number of nitrogens with one attached hydrogen (secondary N) is 1. The minimum atomic E-state index is -3.73. The van der Waals surface area contributed by atoms with Gasteiger partial charge in [-0.1, -0.05) is 12.1 Å². The number of nitriles is 1. The van der Waals surface area contributed by atoms with Crippen LogP contribution in [0.25, 0.3) is 0 Å². The van der Waals surface area contributed by atoms with Crippen molar-refractivity contribution in [2.24, 2.45) is 13.0 Å². The summed E-state index contributed by atoms with van der Waals surface area (Å²) in [6, 6.07) is 13.7. The molecule has 37 heavy (non-hydrogen) atoms. The quantitative estimate of drug-likeness (QED) is 0.524. The topological polar surface area (TPSA) is 117 Å². The monoisotopic (exact) mass is 519 g/mol. The van der Waals surface area contributed by atoms with Crippen molar-refractivity contribution in [2.45, 2.75) is 43.0 Å². The maximum absolute atomic E-state index is 13.4. The fourth-order valence-electron chi connectivity index (χ4n) is 5.26. The molecule has 0 saturated carbocycles. The Morgan fingerprint density at radius 2 is 2.05 bits per heavy atom. The predicted molar refractivity (Wildman–Crippen MR) is 136 cm³/mol. The zero-order chi connectivity index (χ0) is 26.2. The summed E-state index contributed by atoms with van der Waals surface area (Å²) in [4.78, 5) is 17.7. The fourth-order valence-corrected chi connectivity index (χ4v) is 6.86. The first kappa shape index (κ1) is 25.0. The Balaban J connectivity index is 1.66. The van der Waals surface area contributed by atoms with Gasteiger partial charge in [0.2, 0.25) is 15.9 Å². The van der Waals surface area contributed by atoms with Crippen molar-refractivity contribution in [1.82, 2.24) is 19.2 Å². The van der Waals surface area contributed by atoms with Crippen molar-refractivity contribution in [2.75, 3.05) is 13.1 Å². The van der Waals surface area contributed by atoms with Crippen molar-refractivity contribution in [3.05, 3.63) is 71.8 Å². The third-order valence-corrected chi connectivity index (χ3v) is 9.19. The largest absolute Gasteiger partial charge is 0.456 e. The van der Waals surface area contributed by atoms with E-state index >= 15 is 0 Å². The summed E-state index contributed by atoms with van der Waals surface area (Å²) in [6.07, 6.45) is 5.85. The van der Waals surface area contributed by atoms with Crippen LogP contribution in [-0.2, 0) is 27.4 Å². The number of amides is 1. The van der Waals surface area contributed by atoms with Crippen molar-refractivity contribution < 1.29 is 17.9 Å². The Hall–Kier alpha value is -3.68. The van der Waals surface area contributed by atoms with E-state index in [1.54, 1.807) is 48.9 Å². The molecule has 0 spiro atoms. The molecule has 3 atom stereocenters. The van der Waals surface area contributed by atoms with Crippen molar-refractivity contribution in [1.29, 1.82) is 5.26 Å². The molecule has 1 N–H and O–H groups in total. The molecule has 3 heterocycles. The average Bonchev–Trinajstić information content (AvgIpc) is 3.34. The molecule has 192 valence electrons. The van der Waals surface area contributed by atoms with Crippen LogP contribution in [0.5, 0.6) is 11.5 Å². The molecule has 1 saturated heterocycles. The number of nitrogens with zero attached hydrogens (tertiary/aromatic N) is 4. The summed E-state index contributed by atoms with van der Waals surface area (Å²) >= 11 is 0. The summed E-state index contributed by atoms with van der Waals surface area (Å²) in [5.41, 5.74) is 0.818. The van der Waals surface area contributed by atoms with Gasteiger partial charge >= 0.3 is 0 Å². The Kier molecular flexibility index (Phi) is 6.52. The number of hydrogen-bond donors (Lipinski definition) is 1. The zero-order valence-electron chi connectivity index (χ0n) is 20.8. The molecule has 1 amide bonds. The lowest BCUT2D eigenvalue weighted by atomic mass is 9.87. The first-order valence-electron chi connectivity index (χ1n) is 12.3. The number of piperidine rings is 1.